The van der Waals surface area contributed by atoms with Gasteiger partial charge in [0.1, 0.15) is 17.7 Å². The molecule has 7 nitrogen and oxygen atoms in total. The number of likely N-dealkylation sites (tertiary alicyclic amines) is 1. The van der Waals surface area contributed by atoms with Crippen molar-refractivity contribution in [1.29, 1.82) is 0 Å². The van der Waals surface area contributed by atoms with Gasteiger partial charge in [-0.1, -0.05) is 26.2 Å². The summed E-state index contributed by atoms with van der Waals surface area (Å²) in [4.78, 5) is 37.9. The van der Waals surface area contributed by atoms with Gasteiger partial charge in [-0.05, 0) is 40.0 Å². The molecule has 1 aliphatic rings. The van der Waals surface area contributed by atoms with Crippen LogP contribution in [0.3, 0.4) is 0 Å². The lowest BCUT2D eigenvalue weighted by Crippen LogP contribution is -2.53. The van der Waals surface area contributed by atoms with Gasteiger partial charge in [0.15, 0.2) is 0 Å². The van der Waals surface area contributed by atoms with E-state index in [9.17, 15) is 14.4 Å². The van der Waals surface area contributed by atoms with Crippen LogP contribution >= 0.6 is 0 Å². The van der Waals surface area contributed by atoms with E-state index >= 15 is 0 Å². The second kappa shape index (κ2) is 8.89. The van der Waals surface area contributed by atoms with Crippen molar-refractivity contribution >= 4 is 17.9 Å². The lowest BCUT2D eigenvalue weighted by Gasteiger charge is -2.28. The first kappa shape index (κ1) is 20.3. The molecule has 1 unspecified atom stereocenters. The van der Waals surface area contributed by atoms with E-state index in [-0.39, 0.29) is 5.91 Å². The van der Waals surface area contributed by atoms with Crippen molar-refractivity contribution in [3.63, 3.8) is 0 Å². The highest BCUT2D eigenvalue weighted by Gasteiger charge is 2.36. The van der Waals surface area contributed by atoms with Crippen LogP contribution in [0.25, 0.3) is 0 Å². The molecule has 24 heavy (non-hydrogen) atoms. The summed E-state index contributed by atoms with van der Waals surface area (Å²) in [6, 6.07) is -1.27. The molecule has 3 N–H and O–H groups in total. The second-order valence-electron chi connectivity index (χ2n) is 7.29. The van der Waals surface area contributed by atoms with E-state index in [1.54, 1.807) is 20.8 Å². The van der Waals surface area contributed by atoms with Crippen molar-refractivity contribution in [3.8, 4) is 0 Å². The van der Waals surface area contributed by atoms with Gasteiger partial charge in [-0.15, -0.1) is 0 Å². The Balaban J connectivity index is 2.78. The number of unbranched alkanes of at least 4 members (excludes halogenated alkanes) is 2. The zero-order valence-corrected chi connectivity index (χ0v) is 15.3. The molecule has 0 spiro atoms. The Labute approximate surface area is 144 Å². The molecule has 0 bridgehead atoms. The fraction of sp³-hybridized carbons (Fsp3) is 0.824. The molecule has 1 saturated heterocycles. The minimum Gasteiger partial charge on any atom is -0.444 e. The molecule has 0 radical (unpaired) electrons. The van der Waals surface area contributed by atoms with Gasteiger partial charge in [-0.3, -0.25) is 9.59 Å². The summed E-state index contributed by atoms with van der Waals surface area (Å²) in [6.45, 7) is 7.87. The number of nitrogens with zero attached hydrogens (tertiary/aromatic N) is 1. The van der Waals surface area contributed by atoms with Crippen LogP contribution < -0.4 is 11.1 Å². The number of carbonyl (C=O) groups excluding carboxylic acids is 3. The predicted molar refractivity (Wildman–Crippen MR) is 91.2 cm³/mol. The second-order valence-corrected chi connectivity index (χ2v) is 7.29. The Bertz CT molecular complexity index is 459. The van der Waals surface area contributed by atoms with Crippen LogP contribution in [-0.2, 0) is 14.3 Å². The Hall–Kier alpha value is -1.79. The summed E-state index contributed by atoms with van der Waals surface area (Å²) >= 11 is 0. The van der Waals surface area contributed by atoms with E-state index in [0.717, 1.165) is 25.7 Å². The molecule has 0 aromatic rings. The van der Waals surface area contributed by atoms with Crippen LogP contribution in [0.4, 0.5) is 4.79 Å². The summed E-state index contributed by atoms with van der Waals surface area (Å²) in [7, 11) is 0. The Morgan fingerprint density at radius 3 is 2.50 bits per heavy atom. The fourth-order valence-corrected chi connectivity index (χ4v) is 2.83. The lowest BCUT2D eigenvalue weighted by atomic mass is 10.1. The molecule has 0 saturated carbocycles. The number of ether oxygens (including phenoxy) is 1. The molecule has 1 fully saturated rings. The van der Waals surface area contributed by atoms with Gasteiger partial charge in [0.2, 0.25) is 11.8 Å². The van der Waals surface area contributed by atoms with Crippen LogP contribution in [0.2, 0.25) is 0 Å². The van der Waals surface area contributed by atoms with Crippen molar-refractivity contribution < 1.29 is 19.1 Å². The van der Waals surface area contributed by atoms with Crippen LogP contribution in [-0.4, -0.2) is 47.0 Å². The van der Waals surface area contributed by atoms with Crippen molar-refractivity contribution in [2.24, 2.45) is 5.73 Å². The zero-order valence-electron chi connectivity index (χ0n) is 15.3. The third-order valence-electron chi connectivity index (χ3n) is 3.95. The maximum absolute atomic E-state index is 12.8. The van der Waals surface area contributed by atoms with Crippen molar-refractivity contribution in [3.05, 3.63) is 0 Å². The molecular formula is C17H31N3O4. The monoisotopic (exact) mass is 341 g/mol. The molecule has 1 rings (SSSR count). The van der Waals surface area contributed by atoms with Crippen LogP contribution in [0.5, 0.6) is 0 Å². The van der Waals surface area contributed by atoms with Crippen LogP contribution in [0.1, 0.15) is 66.2 Å². The molecule has 3 amide bonds. The molecule has 2 atom stereocenters. The fourth-order valence-electron chi connectivity index (χ4n) is 2.83. The normalized spacial score (nSPS) is 19.0. The van der Waals surface area contributed by atoms with Crippen molar-refractivity contribution in [2.45, 2.75) is 83.9 Å². The highest BCUT2D eigenvalue weighted by atomic mass is 16.6. The number of rotatable bonds is 7. The van der Waals surface area contributed by atoms with Gasteiger partial charge in [-0.25, -0.2) is 4.79 Å². The van der Waals surface area contributed by atoms with Gasteiger partial charge in [0, 0.05) is 6.54 Å². The molecular weight excluding hydrogens is 310 g/mol. The van der Waals surface area contributed by atoms with Crippen LogP contribution in [0.15, 0.2) is 0 Å². The van der Waals surface area contributed by atoms with Crippen molar-refractivity contribution in [2.75, 3.05) is 6.54 Å². The number of nitrogens with two attached hydrogens (primary N) is 1. The third-order valence-corrected chi connectivity index (χ3v) is 3.95. The van der Waals surface area contributed by atoms with E-state index < -0.39 is 29.7 Å². The number of amides is 3. The van der Waals surface area contributed by atoms with Gasteiger partial charge in [0.25, 0.3) is 0 Å². The molecule has 0 aromatic carbocycles. The van der Waals surface area contributed by atoms with E-state index in [1.807, 2.05) is 0 Å². The Morgan fingerprint density at radius 1 is 1.29 bits per heavy atom. The topological polar surface area (TPSA) is 102 Å². The number of primary amides is 1. The summed E-state index contributed by atoms with van der Waals surface area (Å²) in [5, 5.41) is 2.66. The van der Waals surface area contributed by atoms with Crippen LogP contribution in [0, 0.1) is 0 Å². The molecule has 0 aromatic heterocycles. The van der Waals surface area contributed by atoms with E-state index in [1.165, 1.54) is 4.90 Å². The maximum atomic E-state index is 12.8. The average molecular weight is 341 g/mol. The minimum absolute atomic E-state index is 0.252. The number of nitrogens with one attached hydrogen (secondary N) is 1. The van der Waals surface area contributed by atoms with E-state index in [4.69, 9.17) is 10.5 Å². The minimum atomic E-state index is -0.689. The molecule has 1 heterocycles. The highest BCUT2D eigenvalue weighted by molar-refractivity contribution is 5.91. The summed E-state index contributed by atoms with van der Waals surface area (Å²) in [5.74, 6) is -0.747. The first-order chi connectivity index (χ1) is 11.2. The SMILES string of the molecule is CCCCCC(NC(=O)OC(C)(C)C)C(=O)N1CCC[C@H]1C(N)=O. The quantitative estimate of drug-likeness (QED) is 0.691. The Kier molecular flexibility index (Phi) is 7.51. The standard InChI is InChI=1S/C17H31N3O4/c1-5-6-7-9-12(19-16(23)24-17(2,3)4)15(22)20-11-8-10-13(20)14(18)21/h12-13H,5-11H2,1-4H3,(H2,18,21)(H,19,23)/t12?,13-/m0/s1. The van der Waals surface area contributed by atoms with Gasteiger partial charge in [0.05, 0.1) is 0 Å². The average Bonchev–Trinajstić information content (AvgIpc) is 2.93. The van der Waals surface area contributed by atoms with E-state index in [2.05, 4.69) is 12.2 Å². The molecule has 0 aliphatic carbocycles. The number of hydrogen-bond donors (Lipinski definition) is 2. The Morgan fingerprint density at radius 2 is 1.96 bits per heavy atom. The third kappa shape index (κ3) is 6.37. The molecule has 138 valence electrons. The summed E-state index contributed by atoms with van der Waals surface area (Å²) in [5.41, 5.74) is 4.75. The van der Waals surface area contributed by atoms with Gasteiger partial charge < -0.3 is 20.7 Å². The number of alkyl carbamates (subject to hydrolysis) is 1. The number of hydrogen-bond acceptors (Lipinski definition) is 4. The van der Waals surface area contributed by atoms with Gasteiger partial charge in [-0.2, -0.15) is 0 Å². The molecule has 7 heteroatoms. The summed E-state index contributed by atoms with van der Waals surface area (Å²) in [6.07, 6.45) is 4.03. The number of carbonyl (C=O) groups is 3. The first-order valence-electron chi connectivity index (χ1n) is 8.75. The smallest absolute Gasteiger partial charge is 0.408 e. The van der Waals surface area contributed by atoms with Gasteiger partial charge >= 0.3 is 6.09 Å². The first-order valence-corrected chi connectivity index (χ1v) is 8.75. The molecule has 1 aliphatic heterocycles. The lowest BCUT2D eigenvalue weighted by molar-refractivity contribution is -0.139. The largest absolute Gasteiger partial charge is 0.444 e. The zero-order chi connectivity index (χ0) is 18.3. The van der Waals surface area contributed by atoms with E-state index in [0.29, 0.717) is 19.4 Å². The highest BCUT2D eigenvalue weighted by Crippen LogP contribution is 2.20. The van der Waals surface area contributed by atoms with Crippen molar-refractivity contribution in [1.82, 2.24) is 10.2 Å². The maximum Gasteiger partial charge on any atom is 0.408 e. The predicted octanol–water partition coefficient (Wildman–Crippen LogP) is 1.94. The summed E-state index contributed by atoms with van der Waals surface area (Å²) < 4.78 is 5.25.